The van der Waals surface area contributed by atoms with E-state index in [0.717, 1.165) is 0 Å². The second kappa shape index (κ2) is 5.80. The highest BCUT2D eigenvalue weighted by atomic mass is 79.9. The van der Waals surface area contributed by atoms with Crippen LogP contribution in [-0.2, 0) is 6.18 Å². The zero-order valence-corrected chi connectivity index (χ0v) is 13.5. The van der Waals surface area contributed by atoms with Gasteiger partial charge in [-0.25, -0.2) is 13.8 Å². The molecule has 0 fully saturated rings. The summed E-state index contributed by atoms with van der Waals surface area (Å²) in [7, 11) is 0. The summed E-state index contributed by atoms with van der Waals surface area (Å²) in [6, 6.07) is 4.36. The number of hydrogen-bond acceptors (Lipinski definition) is 3. The van der Waals surface area contributed by atoms with E-state index in [1.165, 1.54) is 18.2 Å². The van der Waals surface area contributed by atoms with E-state index in [1.807, 2.05) is 0 Å². The second-order valence-corrected chi connectivity index (χ2v) is 5.87. The highest BCUT2D eigenvalue weighted by molar-refractivity contribution is 9.10. The Morgan fingerprint density at radius 2 is 1.92 bits per heavy atom. The van der Waals surface area contributed by atoms with Crippen molar-refractivity contribution < 1.29 is 31.2 Å². The number of hydrogen-bond donors (Lipinski definition) is 1. The van der Waals surface area contributed by atoms with Crippen LogP contribution in [0.15, 0.2) is 33.3 Å². The summed E-state index contributed by atoms with van der Waals surface area (Å²) in [4.78, 5) is 15.0. The van der Waals surface area contributed by atoms with E-state index in [4.69, 9.17) is 10.2 Å². The minimum Gasteiger partial charge on any atom is -0.453 e. The van der Waals surface area contributed by atoms with Gasteiger partial charge >= 0.3 is 6.18 Å². The fourth-order valence-electron chi connectivity index (χ4n) is 2.37. The lowest BCUT2D eigenvalue weighted by Gasteiger charge is -2.11. The molecule has 0 spiro atoms. The highest BCUT2D eigenvalue weighted by Gasteiger charge is 2.40. The predicted octanol–water partition coefficient (Wildman–Crippen LogP) is 4.65. The number of nitrogens with zero attached hydrogens (tertiary/aromatic N) is 1. The maximum Gasteiger partial charge on any atom is 0.422 e. The first-order valence-electron chi connectivity index (χ1n) is 6.54. The smallest absolute Gasteiger partial charge is 0.422 e. The van der Waals surface area contributed by atoms with Crippen molar-refractivity contribution in [2.24, 2.45) is 5.73 Å². The van der Waals surface area contributed by atoms with Crippen LogP contribution in [0, 0.1) is 11.6 Å². The molecule has 0 bridgehead atoms. The highest BCUT2D eigenvalue weighted by Crippen LogP contribution is 2.39. The van der Waals surface area contributed by atoms with Gasteiger partial charge in [-0.15, -0.1) is 0 Å². The maximum atomic E-state index is 14.3. The second-order valence-electron chi connectivity index (χ2n) is 4.95. The van der Waals surface area contributed by atoms with Crippen LogP contribution in [0.2, 0.25) is 0 Å². The first-order valence-corrected chi connectivity index (χ1v) is 7.34. The summed E-state index contributed by atoms with van der Waals surface area (Å²) in [5.74, 6) is -5.54. The van der Waals surface area contributed by atoms with Gasteiger partial charge in [0.1, 0.15) is 16.8 Å². The topological polar surface area (TPSA) is 69.1 Å². The Labute approximate surface area is 144 Å². The largest absolute Gasteiger partial charge is 0.453 e. The third-order valence-electron chi connectivity index (χ3n) is 3.37. The average Bonchev–Trinajstić information content (AvgIpc) is 2.83. The molecule has 0 atom stereocenters. The predicted molar refractivity (Wildman–Crippen MR) is 80.6 cm³/mol. The van der Waals surface area contributed by atoms with E-state index in [2.05, 4.69) is 20.9 Å². The number of carbonyl (C=O) groups excluding carboxylic acids is 1. The normalized spacial score (nSPS) is 11.9. The number of carbonyl (C=O) groups is 1. The monoisotopic (exact) mass is 420 g/mol. The zero-order valence-electron chi connectivity index (χ0n) is 11.9. The van der Waals surface area contributed by atoms with E-state index >= 15 is 0 Å². The van der Waals surface area contributed by atoms with Crippen molar-refractivity contribution in [3.05, 3.63) is 51.6 Å². The molecule has 25 heavy (non-hydrogen) atoms. The summed E-state index contributed by atoms with van der Waals surface area (Å²) >= 11 is 3.16. The summed E-state index contributed by atoms with van der Waals surface area (Å²) in [5, 5.41) is 0.157. The number of benzene rings is 1. The molecule has 2 N–H and O–H groups in total. The lowest BCUT2D eigenvalue weighted by molar-refractivity contribution is -0.142. The fraction of sp³-hybridized carbons (Fsp3) is 0.0667. The summed E-state index contributed by atoms with van der Waals surface area (Å²) in [6.45, 7) is 0. The van der Waals surface area contributed by atoms with Gasteiger partial charge in [0, 0.05) is 9.86 Å². The van der Waals surface area contributed by atoms with Crippen LogP contribution >= 0.6 is 15.9 Å². The number of rotatable bonds is 2. The molecule has 10 heteroatoms. The maximum absolute atomic E-state index is 14.3. The molecule has 0 aliphatic rings. The first-order chi connectivity index (χ1) is 11.6. The number of nitrogens with two attached hydrogens (primary N) is 1. The minimum atomic E-state index is -5.30. The van der Waals surface area contributed by atoms with E-state index in [9.17, 15) is 26.7 Å². The van der Waals surface area contributed by atoms with Crippen molar-refractivity contribution in [2.75, 3.05) is 0 Å². The molecular formula is C15H6BrF5N2O2. The number of alkyl halides is 3. The molecule has 0 saturated heterocycles. The van der Waals surface area contributed by atoms with E-state index < -0.39 is 40.7 Å². The number of amides is 1. The molecule has 0 aliphatic carbocycles. The Morgan fingerprint density at radius 3 is 2.52 bits per heavy atom. The van der Waals surface area contributed by atoms with Gasteiger partial charge in [0.25, 0.3) is 5.91 Å². The average molecular weight is 421 g/mol. The summed E-state index contributed by atoms with van der Waals surface area (Å²) in [5.41, 5.74) is 1.87. The Bertz CT molecular complexity index is 1010. The lowest BCUT2D eigenvalue weighted by Crippen LogP contribution is -2.15. The van der Waals surface area contributed by atoms with Gasteiger partial charge in [-0.1, -0.05) is 15.9 Å². The van der Waals surface area contributed by atoms with Crippen LogP contribution in [0.5, 0.6) is 0 Å². The SMILES string of the molecule is NC(=O)c1c(-c2ncc(F)c(C(F)(F)F)c2F)oc2cc(Br)ccc12. The minimum absolute atomic E-state index is 0.0669. The molecule has 4 nitrogen and oxygen atoms in total. The van der Waals surface area contributed by atoms with Crippen LogP contribution in [0.3, 0.4) is 0 Å². The Morgan fingerprint density at radius 1 is 1.24 bits per heavy atom. The van der Waals surface area contributed by atoms with Crippen LogP contribution in [0.4, 0.5) is 22.0 Å². The van der Waals surface area contributed by atoms with Crippen LogP contribution in [0.1, 0.15) is 15.9 Å². The number of furan rings is 1. The molecule has 0 aliphatic heterocycles. The van der Waals surface area contributed by atoms with Gasteiger partial charge in [-0.2, -0.15) is 13.2 Å². The van der Waals surface area contributed by atoms with Gasteiger partial charge in [-0.05, 0) is 18.2 Å². The zero-order chi connectivity index (χ0) is 18.5. The van der Waals surface area contributed by atoms with Crippen molar-refractivity contribution in [3.8, 4) is 11.5 Å². The molecule has 2 aromatic heterocycles. The molecule has 3 rings (SSSR count). The number of pyridine rings is 1. The number of fused-ring (bicyclic) bond motifs is 1. The van der Waals surface area contributed by atoms with Crippen molar-refractivity contribution in [2.45, 2.75) is 6.18 Å². The van der Waals surface area contributed by atoms with Gasteiger partial charge in [-0.3, -0.25) is 4.79 Å². The van der Waals surface area contributed by atoms with Crippen LogP contribution in [0.25, 0.3) is 22.4 Å². The van der Waals surface area contributed by atoms with Crippen LogP contribution in [-0.4, -0.2) is 10.9 Å². The molecule has 130 valence electrons. The standard InChI is InChI=1S/C15H6BrF5N2O2/c16-5-1-2-6-8(3-5)25-13(9(6)14(22)24)12-11(18)10(15(19,20)21)7(17)4-23-12/h1-4H,(H2,22,24). The van der Waals surface area contributed by atoms with E-state index in [1.54, 1.807) is 0 Å². The first kappa shape index (κ1) is 17.3. The Kier molecular flexibility index (Phi) is 4.02. The van der Waals surface area contributed by atoms with Gasteiger partial charge in [0.15, 0.2) is 17.4 Å². The Hall–Kier alpha value is -2.49. The van der Waals surface area contributed by atoms with Crippen molar-refractivity contribution in [1.29, 1.82) is 0 Å². The molecule has 0 saturated carbocycles. The molecule has 1 amide bonds. The number of halogens is 6. The summed E-state index contributed by atoms with van der Waals surface area (Å²) < 4.78 is 72.2. The molecule has 2 heterocycles. The molecular weight excluding hydrogens is 415 g/mol. The molecule has 0 unspecified atom stereocenters. The van der Waals surface area contributed by atoms with Crippen molar-refractivity contribution in [1.82, 2.24) is 4.98 Å². The van der Waals surface area contributed by atoms with Crippen molar-refractivity contribution >= 4 is 32.8 Å². The van der Waals surface area contributed by atoms with Crippen LogP contribution < -0.4 is 5.73 Å². The molecule has 1 aromatic carbocycles. The van der Waals surface area contributed by atoms with E-state index in [0.29, 0.717) is 4.47 Å². The van der Waals surface area contributed by atoms with Crippen molar-refractivity contribution in [3.63, 3.8) is 0 Å². The molecule has 3 aromatic rings. The van der Waals surface area contributed by atoms with Gasteiger partial charge < -0.3 is 10.2 Å². The number of aromatic nitrogens is 1. The quantitative estimate of drug-likeness (QED) is 0.613. The lowest BCUT2D eigenvalue weighted by atomic mass is 10.1. The van der Waals surface area contributed by atoms with Gasteiger partial charge in [0.05, 0.1) is 11.8 Å². The fourth-order valence-corrected chi connectivity index (χ4v) is 2.71. The number of primary amides is 1. The van der Waals surface area contributed by atoms with Gasteiger partial charge in [0.2, 0.25) is 0 Å². The summed E-state index contributed by atoms with van der Waals surface area (Å²) in [6.07, 6.45) is -5.09. The van der Waals surface area contributed by atoms with E-state index in [-0.39, 0.29) is 22.7 Å². The molecule has 0 radical (unpaired) electrons. The third-order valence-corrected chi connectivity index (χ3v) is 3.86. The third kappa shape index (κ3) is 2.86. The Balaban J connectivity index is 2.38.